The molecule has 0 saturated carbocycles. The number of hydrogen-bond donors (Lipinski definition) is 0. The Balaban J connectivity index is 3.77. The second-order valence-corrected chi connectivity index (χ2v) is 9.39. The summed E-state index contributed by atoms with van der Waals surface area (Å²) in [5.74, 6) is -0.699. The van der Waals surface area contributed by atoms with Crippen LogP contribution in [0.25, 0.3) is 0 Å². The van der Waals surface area contributed by atoms with Crippen molar-refractivity contribution in [3.8, 4) is 0 Å². The average molecular weight is 467 g/mol. The predicted octanol–water partition coefficient (Wildman–Crippen LogP) is 8.86. The first-order chi connectivity index (χ1) is 16.2. The van der Waals surface area contributed by atoms with Crippen LogP contribution in [0.15, 0.2) is 12.2 Å². The standard InChI is InChI=1S/C29H54O4/c1-4-6-8-10-12-13-14-15-16-17-18-20-21-23-25-27(29(31)32-3)33-28(30)26-24-22-19-11-9-7-5-2/h15-16,27H,4-14,17-26H2,1-3H3/b16-15-. The fraction of sp³-hybridized carbons (Fsp3) is 0.862. The molecule has 0 aromatic heterocycles. The highest BCUT2D eigenvalue weighted by Gasteiger charge is 2.23. The maximum atomic E-state index is 12.1. The van der Waals surface area contributed by atoms with E-state index in [0.29, 0.717) is 12.8 Å². The molecular weight excluding hydrogens is 412 g/mol. The zero-order chi connectivity index (χ0) is 24.4. The van der Waals surface area contributed by atoms with Gasteiger partial charge in [-0.1, -0.05) is 109 Å². The van der Waals surface area contributed by atoms with Gasteiger partial charge >= 0.3 is 11.9 Å². The minimum absolute atomic E-state index is 0.269. The monoisotopic (exact) mass is 466 g/mol. The van der Waals surface area contributed by atoms with E-state index in [0.717, 1.165) is 38.5 Å². The predicted molar refractivity (Wildman–Crippen MR) is 139 cm³/mol. The van der Waals surface area contributed by atoms with E-state index in [2.05, 4.69) is 26.0 Å². The molecule has 0 aliphatic rings. The number of ether oxygens (including phenoxy) is 2. The topological polar surface area (TPSA) is 52.6 Å². The van der Waals surface area contributed by atoms with Crippen LogP contribution >= 0.6 is 0 Å². The number of carbonyl (C=O) groups excluding carboxylic acids is 2. The van der Waals surface area contributed by atoms with Crippen molar-refractivity contribution in [2.24, 2.45) is 0 Å². The van der Waals surface area contributed by atoms with Crippen molar-refractivity contribution in [2.75, 3.05) is 7.11 Å². The van der Waals surface area contributed by atoms with Crippen molar-refractivity contribution < 1.29 is 19.1 Å². The number of hydrogen-bond acceptors (Lipinski definition) is 4. The third kappa shape index (κ3) is 22.2. The van der Waals surface area contributed by atoms with Gasteiger partial charge in [-0.15, -0.1) is 0 Å². The smallest absolute Gasteiger partial charge is 0.347 e. The number of carbonyl (C=O) groups is 2. The zero-order valence-corrected chi connectivity index (χ0v) is 22.2. The highest BCUT2D eigenvalue weighted by molar-refractivity contribution is 5.79. The van der Waals surface area contributed by atoms with Crippen LogP contribution in [0.2, 0.25) is 0 Å². The summed E-state index contributed by atoms with van der Waals surface area (Å²) >= 11 is 0. The van der Waals surface area contributed by atoms with Crippen LogP contribution in [0.1, 0.15) is 149 Å². The maximum absolute atomic E-state index is 12.1. The van der Waals surface area contributed by atoms with Crippen LogP contribution in [0.5, 0.6) is 0 Å². The molecule has 1 unspecified atom stereocenters. The van der Waals surface area contributed by atoms with Crippen molar-refractivity contribution in [3.05, 3.63) is 12.2 Å². The third-order valence-corrected chi connectivity index (χ3v) is 6.20. The Morgan fingerprint density at radius 2 is 1.09 bits per heavy atom. The van der Waals surface area contributed by atoms with Gasteiger partial charge in [0.05, 0.1) is 7.11 Å². The minimum atomic E-state index is -0.746. The van der Waals surface area contributed by atoms with Crippen molar-refractivity contribution in [1.82, 2.24) is 0 Å². The quantitative estimate of drug-likeness (QED) is 0.0809. The van der Waals surface area contributed by atoms with Crippen LogP contribution in [0, 0.1) is 0 Å². The third-order valence-electron chi connectivity index (χ3n) is 6.20. The molecule has 0 heterocycles. The average Bonchev–Trinajstić information content (AvgIpc) is 2.82. The van der Waals surface area contributed by atoms with Gasteiger partial charge in [0.1, 0.15) is 0 Å². The van der Waals surface area contributed by atoms with Gasteiger partial charge in [-0.25, -0.2) is 4.79 Å². The molecule has 0 radical (unpaired) electrons. The molecule has 4 heteroatoms. The van der Waals surface area contributed by atoms with E-state index >= 15 is 0 Å². The van der Waals surface area contributed by atoms with Crippen LogP contribution in [-0.2, 0) is 19.1 Å². The second kappa shape index (κ2) is 25.3. The summed E-state index contributed by atoms with van der Waals surface area (Å²) in [5.41, 5.74) is 0. The molecule has 0 aliphatic carbocycles. The molecule has 4 nitrogen and oxygen atoms in total. The van der Waals surface area contributed by atoms with Crippen LogP contribution in [0.3, 0.4) is 0 Å². The Bertz CT molecular complexity index is 472. The Kier molecular flexibility index (Phi) is 24.3. The summed E-state index contributed by atoms with van der Waals surface area (Å²) in [6.45, 7) is 4.47. The van der Waals surface area contributed by atoms with Crippen molar-refractivity contribution in [2.45, 2.75) is 155 Å². The molecule has 0 aromatic carbocycles. The summed E-state index contributed by atoms with van der Waals surface area (Å²) in [5, 5.41) is 0. The van der Waals surface area contributed by atoms with E-state index in [1.165, 1.54) is 90.6 Å². The summed E-state index contributed by atoms with van der Waals surface area (Å²) in [6.07, 6.45) is 27.7. The molecule has 0 amide bonds. The first-order valence-electron chi connectivity index (χ1n) is 14.1. The summed E-state index contributed by atoms with van der Waals surface area (Å²) in [4.78, 5) is 24.1. The first-order valence-corrected chi connectivity index (χ1v) is 14.1. The van der Waals surface area contributed by atoms with E-state index in [1.807, 2.05) is 0 Å². The largest absolute Gasteiger partial charge is 0.466 e. The summed E-state index contributed by atoms with van der Waals surface area (Å²) in [7, 11) is 1.36. The van der Waals surface area contributed by atoms with Crippen LogP contribution in [0.4, 0.5) is 0 Å². The number of rotatable bonds is 24. The number of methoxy groups -OCH3 is 1. The fourth-order valence-corrected chi connectivity index (χ4v) is 4.02. The zero-order valence-electron chi connectivity index (χ0n) is 22.2. The number of allylic oxidation sites excluding steroid dienone is 2. The lowest BCUT2D eigenvalue weighted by atomic mass is 10.1. The van der Waals surface area contributed by atoms with Crippen molar-refractivity contribution >= 4 is 11.9 Å². The molecule has 33 heavy (non-hydrogen) atoms. The van der Waals surface area contributed by atoms with Gasteiger partial charge < -0.3 is 9.47 Å². The van der Waals surface area contributed by atoms with Gasteiger partial charge in [0.15, 0.2) is 6.10 Å². The molecule has 1 atom stereocenters. The maximum Gasteiger partial charge on any atom is 0.347 e. The number of esters is 2. The molecule has 0 saturated heterocycles. The lowest BCUT2D eigenvalue weighted by Gasteiger charge is -2.15. The second-order valence-electron chi connectivity index (χ2n) is 9.39. The molecule has 0 bridgehead atoms. The normalized spacial score (nSPS) is 12.2. The number of unbranched alkanes of at least 4 members (excludes halogenated alkanes) is 16. The van der Waals surface area contributed by atoms with E-state index in [-0.39, 0.29) is 5.97 Å². The molecule has 194 valence electrons. The van der Waals surface area contributed by atoms with Crippen molar-refractivity contribution in [1.29, 1.82) is 0 Å². The van der Waals surface area contributed by atoms with E-state index < -0.39 is 12.1 Å². The van der Waals surface area contributed by atoms with E-state index in [4.69, 9.17) is 9.47 Å². The molecule has 0 spiro atoms. The van der Waals surface area contributed by atoms with Gasteiger partial charge in [-0.3, -0.25) is 4.79 Å². The molecule has 0 aromatic rings. The lowest BCUT2D eigenvalue weighted by molar-refractivity contribution is -0.166. The van der Waals surface area contributed by atoms with Gasteiger partial charge in [-0.2, -0.15) is 0 Å². The summed E-state index contributed by atoms with van der Waals surface area (Å²) < 4.78 is 10.3. The summed E-state index contributed by atoms with van der Waals surface area (Å²) in [6, 6.07) is 0. The minimum Gasteiger partial charge on any atom is -0.466 e. The van der Waals surface area contributed by atoms with Gasteiger partial charge in [0.25, 0.3) is 0 Å². The van der Waals surface area contributed by atoms with E-state index in [9.17, 15) is 9.59 Å². The highest BCUT2D eigenvalue weighted by Crippen LogP contribution is 2.14. The Hall–Kier alpha value is -1.32. The molecular formula is C29H54O4. The van der Waals surface area contributed by atoms with Crippen LogP contribution < -0.4 is 0 Å². The van der Waals surface area contributed by atoms with Gasteiger partial charge in [0, 0.05) is 6.42 Å². The Labute approximate surface area is 205 Å². The van der Waals surface area contributed by atoms with Crippen molar-refractivity contribution in [3.63, 3.8) is 0 Å². The molecule has 0 N–H and O–H groups in total. The molecule has 0 fully saturated rings. The first kappa shape index (κ1) is 31.7. The van der Waals surface area contributed by atoms with Crippen LogP contribution in [-0.4, -0.2) is 25.2 Å². The Morgan fingerprint density at radius 1 is 0.636 bits per heavy atom. The lowest BCUT2D eigenvalue weighted by Crippen LogP contribution is -2.28. The fourth-order valence-electron chi connectivity index (χ4n) is 4.02. The van der Waals surface area contributed by atoms with E-state index in [1.54, 1.807) is 0 Å². The molecule has 0 aliphatic heterocycles. The Morgan fingerprint density at radius 3 is 1.61 bits per heavy atom. The highest BCUT2D eigenvalue weighted by atomic mass is 16.6. The molecule has 0 rings (SSSR count). The SMILES string of the molecule is CCCCCCCC/C=C\CCCCCCC(OC(=O)CCCCCCCCC)C(=O)OC. The van der Waals surface area contributed by atoms with Gasteiger partial charge in [-0.05, 0) is 44.9 Å². The van der Waals surface area contributed by atoms with Gasteiger partial charge in [0.2, 0.25) is 0 Å².